The first-order valence-electron chi connectivity index (χ1n) is 9.82. The number of para-hydroxylation sites is 1. The first-order chi connectivity index (χ1) is 14.3. The van der Waals surface area contributed by atoms with Crippen LogP contribution in [0, 0.1) is 0 Å². The minimum atomic E-state index is -0.177. The number of hydrogen-bond donors (Lipinski definition) is 0. The van der Waals surface area contributed by atoms with Crippen LogP contribution in [0.4, 0.5) is 0 Å². The fourth-order valence-electron chi connectivity index (χ4n) is 3.19. The number of carbonyl (C=O) groups excluding carboxylic acids is 1. The largest absolute Gasteiger partial charge is 0.458 e. The van der Waals surface area contributed by atoms with Gasteiger partial charge in [0.05, 0.1) is 15.2 Å². The first kappa shape index (κ1) is 19.3. The SMILES string of the molecule is O=C(CCCCc1nc2ccccc2s1)OCc1nccn1Cc1ccccc1. The van der Waals surface area contributed by atoms with E-state index in [1.54, 1.807) is 17.5 Å². The molecule has 0 spiro atoms. The van der Waals surface area contributed by atoms with Crippen LogP contribution in [-0.4, -0.2) is 20.5 Å². The van der Waals surface area contributed by atoms with Crippen molar-refractivity contribution in [2.75, 3.05) is 0 Å². The van der Waals surface area contributed by atoms with Gasteiger partial charge in [-0.05, 0) is 37.0 Å². The normalized spacial score (nSPS) is 11.0. The van der Waals surface area contributed by atoms with E-state index < -0.39 is 0 Å². The predicted molar refractivity (Wildman–Crippen MR) is 115 cm³/mol. The number of fused-ring (bicyclic) bond motifs is 1. The summed E-state index contributed by atoms with van der Waals surface area (Å²) in [4.78, 5) is 21.0. The number of aryl methyl sites for hydroxylation is 1. The van der Waals surface area contributed by atoms with Gasteiger partial charge in [-0.15, -0.1) is 11.3 Å². The number of esters is 1. The van der Waals surface area contributed by atoms with E-state index in [4.69, 9.17) is 4.74 Å². The maximum atomic E-state index is 12.1. The molecule has 0 aliphatic heterocycles. The van der Waals surface area contributed by atoms with E-state index in [-0.39, 0.29) is 12.6 Å². The number of nitrogens with zero attached hydrogens (tertiary/aromatic N) is 3. The van der Waals surface area contributed by atoms with Gasteiger partial charge in [-0.25, -0.2) is 9.97 Å². The van der Waals surface area contributed by atoms with Crippen LogP contribution >= 0.6 is 11.3 Å². The standard InChI is InChI=1S/C23H23N3O2S/c27-23(13-7-6-12-22-25-19-10-4-5-11-20(19)29-22)28-17-21-24-14-15-26(21)16-18-8-2-1-3-9-18/h1-5,8-11,14-15H,6-7,12-13,16-17H2. The molecule has 0 atom stereocenters. The Morgan fingerprint density at radius 1 is 1.03 bits per heavy atom. The summed E-state index contributed by atoms with van der Waals surface area (Å²) in [5, 5.41) is 1.13. The molecule has 2 aromatic carbocycles. The van der Waals surface area contributed by atoms with Crippen LogP contribution in [-0.2, 0) is 29.1 Å². The average molecular weight is 406 g/mol. The molecule has 0 bridgehead atoms. The monoisotopic (exact) mass is 405 g/mol. The van der Waals surface area contributed by atoms with E-state index in [0.717, 1.165) is 42.2 Å². The number of benzene rings is 2. The second kappa shape index (κ2) is 9.47. The van der Waals surface area contributed by atoms with Crippen LogP contribution in [0.3, 0.4) is 0 Å². The van der Waals surface area contributed by atoms with Crippen molar-refractivity contribution in [1.29, 1.82) is 0 Å². The molecule has 148 valence electrons. The molecule has 0 N–H and O–H groups in total. The summed E-state index contributed by atoms with van der Waals surface area (Å²) in [6.07, 6.45) is 6.70. The summed E-state index contributed by atoms with van der Waals surface area (Å²) >= 11 is 1.73. The highest BCUT2D eigenvalue weighted by Crippen LogP contribution is 2.23. The van der Waals surface area contributed by atoms with Crippen molar-refractivity contribution in [2.45, 2.75) is 38.8 Å². The fraction of sp³-hybridized carbons (Fsp3) is 0.261. The average Bonchev–Trinajstić information content (AvgIpc) is 3.36. The third-order valence-corrected chi connectivity index (χ3v) is 5.82. The Morgan fingerprint density at radius 3 is 2.72 bits per heavy atom. The third kappa shape index (κ3) is 5.29. The van der Waals surface area contributed by atoms with E-state index >= 15 is 0 Å². The summed E-state index contributed by atoms with van der Waals surface area (Å²) in [6, 6.07) is 18.3. The Hall–Kier alpha value is -2.99. The van der Waals surface area contributed by atoms with Crippen molar-refractivity contribution >= 4 is 27.5 Å². The molecule has 0 unspecified atom stereocenters. The van der Waals surface area contributed by atoms with Crippen molar-refractivity contribution in [2.24, 2.45) is 0 Å². The van der Waals surface area contributed by atoms with Crippen molar-refractivity contribution in [3.05, 3.63) is 83.4 Å². The van der Waals surface area contributed by atoms with Crippen LogP contribution in [0.2, 0.25) is 0 Å². The quantitative estimate of drug-likeness (QED) is 0.291. The highest BCUT2D eigenvalue weighted by molar-refractivity contribution is 7.18. The van der Waals surface area contributed by atoms with Gasteiger partial charge in [0.2, 0.25) is 0 Å². The second-order valence-electron chi connectivity index (χ2n) is 6.90. The molecule has 5 nitrogen and oxygen atoms in total. The Balaban J connectivity index is 1.19. The lowest BCUT2D eigenvalue weighted by atomic mass is 10.2. The van der Waals surface area contributed by atoms with E-state index in [0.29, 0.717) is 6.42 Å². The number of ether oxygens (including phenoxy) is 1. The minimum Gasteiger partial charge on any atom is -0.458 e. The van der Waals surface area contributed by atoms with Gasteiger partial charge in [-0.2, -0.15) is 0 Å². The number of carbonyl (C=O) groups is 1. The van der Waals surface area contributed by atoms with Crippen molar-refractivity contribution in [1.82, 2.24) is 14.5 Å². The van der Waals surface area contributed by atoms with Crippen LogP contribution in [0.15, 0.2) is 67.0 Å². The third-order valence-electron chi connectivity index (χ3n) is 4.72. The van der Waals surface area contributed by atoms with Gasteiger partial charge in [0, 0.05) is 25.4 Å². The highest BCUT2D eigenvalue weighted by atomic mass is 32.1. The molecule has 0 radical (unpaired) electrons. The molecule has 0 aliphatic rings. The van der Waals surface area contributed by atoms with Crippen LogP contribution < -0.4 is 0 Å². The summed E-state index contributed by atoms with van der Waals surface area (Å²) in [7, 11) is 0. The molecule has 2 aromatic heterocycles. The molecule has 0 amide bonds. The Labute approximate surface area is 174 Å². The Morgan fingerprint density at radius 2 is 1.86 bits per heavy atom. The van der Waals surface area contributed by atoms with Gasteiger partial charge >= 0.3 is 5.97 Å². The lowest BCUT2D eigenvalue weighted by molar-refractivity contribution is -0.145. The Bertz CT molecular complexity index is 1040. The van der Waals surface area contributed by atoms with Crippen LogP contribution in [0.5, 0.6) is 0 Å². The lowest BCUT2D eigenvalue weighted by Crippen LogP contribution is -2.10. The molecular weight excluding hydrogens is 382 g/mol. The smallest absolute Gasteiger partial charge is 0.306 e. The van der Waals surface area contributed by atoms with E-state index in [1.807, 2.05) is 47.2 Å². The number of aromatic nitrogens is 3. The molecule has 4 rings (SSSR count). The van der Waals surface area contributed by atoms with Crippen LogP contribution in [0.1, 0.15) is 35.7 Å². The van der Waals surface area contributed by atoms with Gasteiger partial charge in [0.15, 0.2) is 0 Å². The number of rotatable bonds is 9. The number of hydrogen-bond acceptors (Lipinski definition) is 5. The molecule has 29 heavy (non-hydrogen) atoms. The van der Waals surface area contributed by atoms with Crippen molar-refractivity contribution < 1.29 is 9.53 Å². The topological polar surface area (TPSA) is 57.0 Å². The molecule has 0 fully saturated rings. The molecular formula is C23H23N3O2S. The summed E-state index contributed by atoms with van der Waals surface area (Å²) in [5.74, 6) is 0.584. The van der Waals surface area contributed by atoms with Gasteiger partial charge in [0.25, 0.3) is 0 Å². The zero-order valence-electron chi connectivity index (χ0n) is 16.2. The predicted octanol–water partition coefficient (Wildman–Crippen LogP) is 5.00. The second-order valence-corrected chi connectivity index (χ2v) is 8.02. The fourth-order valence-corrected chi connectivity index (χ4v) is 4.20. The van der Waals surface area contributed by atoms with Crippen LogP contribution in [0.25, 0.3) is 10.2 Å². The zero-order chi connectivity index (χ0) is 19.9. The first-order valence-corrected chi connectivity index (χ1v) is 10.6. The summed E-state index contributed by atoms with van der Waals surface area (Å²) in [5.41, 5.74) is 2.24. The minimum absolute atomic E-state index is 0.177. The maximum Gasteiger partial charge on any atom is 0.306 e. The zero-order valence-corrected chi connectivity index (χ0v) is 17.0. The number of imidazole rings is 1. The number of unbranched alkanes of at least 4 members (excludes halogenated alkanes) is 1. The lowest BCUT2D eigenvalue weighted by Gasteiger charge is -2.09. The number of thiazole rings is 1. The molecule has 0 saturated carbocycles. The molecule has 4 aromatic rings. The molecule has 6 heteroatoms. The maximum absolute atomic E-state index is 12.1. The van der Waals surface area contributed by atoms with E-state index in [2.05, 4.69) is 28.2 Å². The summed E-state index contributed by atoms with van der Waals surface area (Å²) in [6.45, 7) is 0.923. The highest BCUT2D eigenvalue weighted by Gasteiger charge is 2.09. The van der Waals surface area contributed by atoms with Gasteiger partial charge in [-0.3, -0.25) is 4.79 Å². The Kier molecular flexibility index (Phi) is 6.32. The van der Waals surface area contributed by atoms with Crippen molar-refractivity contribution in [3.63, 3.8) is 0 Å². The van der Waals surface area contributed by atoms with Crippen molar-refractivity contribution in [3.8, 4) is 0 Å². The van der Waals surface area contributed by atoms with Gasteiger partial charge in [0.1, 0.15) is 12.4 Å². The van der Waals surface area contributed by atoms with Gasteiger partial charge < -0.3 is 9.30 Å². The summed E-state index contributed by atoms with van der Waals surface area (Å²) < 4.78 is 8.66. The molecule has 2 heterocycles. The van der Waals surface area contributed by atoms with Gasteiger partial charge in [-0.1, -0.05) is 42.5 Å². The molecule has 0 aliphatic carbocycles. The van der Waals surface area contributed by atoms with E-state index in [1.165, 1.54) is 10.3 Å². The van der Waals surface area contributed by atoms with E-state index in [9.17, 15) is 4.79 Å². The molecule has 0 saturated heterocycles.